The fraction of sp³-hybridized carbons (Fsp3) is 0.280. The van der Waals surface area contributed by atoms with E-state index in [1.54, 1.807) is 48.5 Å². The number of nitrogens with one attached hydrogen (secondary N) is 2. The Balaban J connectivity index is 1.93. The third-order valence-corrected chi connectivity index (χ3v) is 4.47. The summed E-state index contributed by atoms with van der Waals surface area (Å²) in [5.41, 5.74) is 1.58. The quantitative estimate of drug-likeness (QED) is 0.239. The molecule has 0 spiro atoms. The van der Waals surface area contributed by atoms with E-state index in [9.17, 15) is 19.2 Å². The van der Waals surface area contributed by atoms with E-state index in [2.05, 4.69) is 17.6 Å². The Bertz CT molecular complexity index is 966. The van der Waals surface area contributed by atoms with E-state index in [1.165, 1.54) is 13.0 Å². The van der Waals surface area contributed by atoms with Crippen LogP contribution < -0.4 is 10.6 Å². The van der Waals surface area contributed by atoms with Crippen LogP contribution in [0.15, 0.2) is 60.3 Å². The van der Waals surface area contributed by atoms with Gasteiger partial charge < -0.3 is 15.4 Å². The van der Waals surface area contributed by atoms with Crippen LogP contribution in [0.1, 0.15) is 55.5 Å². The van der Waals surface area contributed by atoms with Gasteiger partial charge in [0.2, 0.25) is 11.8 Å². The zero-order chi connectivity index (χ0) is 23.3. The highest BCUT2D eigenvalue weighted by Gasteiger charge is 2.16. The Morgan fingerprint density at radius 3 is 2.25 bits per heavy atom. The van der Waals surface area contributed by atoms with Crippen molar-refractivity contribution in [2.75, 3.05) is 11.9 Å². The van der Waals surface area contributed by atoms with Gasteiger partial charge in [0.25, 0.3) is 0 Å². The average Bonchev–Trinajstić information content (AvgIpc) is 2.78. The van der Waals surface area contributed by atoms with Crippen LogP contribution >= 0.6 is 0 Å². The number of hydrogen-bond donors (Lipinski definition) is 2. The maximum Gasteiger partial charge on any atom is 0.355 e. The summed E-state index contributed by atoms with van der Waals surface area (Å²) in [4.78, 5) is 48.1. The molecule has 0 atom stereocenters. The molecule has 0 aliphatic carbocycles. The van der Waals surface area contributed by atoms with E-state index in [-0.39, 0.29) is 11.6 Å². The molecule has 7 heteroatoms. The van der Waals surface area contributed by atoms with Gasteiger partial charge in [-0.3, -0.25) is 14.4 Å². The minimum atomic E-state index is -0.812. The number of esters is 1. The first-order chi connectivity index (χ1) is 15.4. The third-order valence-electron chi connectivity index (χ3n) is 4.47. The first-order valence-corrected chi connectivity index (χ1v) is 10.5. The van der Waals surface area contributed by atoms with Gasteiger partial charge in [0.05, 0.1) is 0 Å². The molecule has 7 nitrogen and oxygen atoms in total. The number of carbonyl (C=O) groups excluding carboxylic acids is 4. The van der Waals surface area contributed by atoms with Crippen molar-refractivity contribution in [3.63, 3.8) is 0 Å². The fourth-order valence-corrected chi connectivity index (χ4v) is 2.84. The van der Waals surface area contributed by atoms with Gasteiger partial charge >= 0.3 is 5.97 Å². The van der Waals surface area contributed by atoms with Crippen molar-refractivity contribution in [1.82, 2.24) is 5.32 Å². The standard InChI is InChI=1S/C25H28N2O5/c1-3-4-6-11-24(30)27-21-14-12-20(13-15-21)23(29)17-32-25(31)22(26-18(2)28)16-19-9-7-5-8-10-19/h5,7-10,12-16H,3-4,6,11,17H2,1-2H3,(H,26,28)(H,27,30). The molecule has 0 heterocycles. The van der Waals surface area contributed by atoms with Crippen LogP contribution in [0.5, 0.6) is 0 Å². The van der Waals surface area contributed by atoms with Gasteiger partial charge in [-0.2, -0.15) is 0 Å². The molecule has 2 aromatic carbocycles. The molecule has 2 rings (SSSR count). The van der Waals surface area contributed by atoms with E-state index in [0.717, 1.165) is 19.3 Å². The zero-order valence-electron chi connectivity index (χ0n) is 18.4. The van der Waals surface area contributed by atoms with E-state index >= 15 is 0 Å². The Kier molecular flexibility index (Phi) is 9.84. The first-order valence-electron chi connectivity index (χ1n) is 10.5. The van der Waals surface area contributed by atoms with E-state index in [4.69, 9.17) is 4.74 Å². The maximum atomic E-state index is 12.4. The Hall–Kier alpha value is -3.74. The molecular weight excluding hydrogens is 408 g/mol. The molecule has 0 bridgehead atoms. The van der Waals surface area contributed by atoms with Gasteiger partial charge in [-0.25, -0.2) is 4.79 Å². The van der Waals surface area contributed by atoms with Crippen molar-refractivity contribution in [2.45, 2.75) is 39.5 Å². The number of ketones is 1. The molecule has 0 saturated carbocycles. The molecule has 0 aliphatic heterocycles. The largest absolute Gasteiger partial charge is 0.453 e. The number of carbonyl (C=O) groups is 4. The molecule has 0 saturated heterocycles. The summed E-state index contributed by atoms with van der Waals surface area (Å²) >= 11 is 0. The van der Waals surface area contributed by atoms with Gasteiger partial charge in [-0.1, -0.05) is 50.1 Å². The van der Waals surface area contributed by atoms with Gasteiger partial charge in [-0.05, 0) is 42.3 Å². The topological polar surface area (TPSA) is 102 Å². The molecule has 168 valence electrons. The lowest BCUT2D eigenvalue weighted by Crippen LogP contribution is -2.27. The second-order valence-corrected chi connectivity index (χ2v) is 7.23. The number of unbranched alkanes of at least 4 members (excludes halogenated alkanes) is 2. The van der Waals surface area contributed by atoms with Crippen LogP contribution in [0.2, 0.25) is 0 Å². The van der Waals surface area contributed by atoms with Crippen LogP contribution in [0.25, 0.3) is 6.08 Å². The minimum Gasteiger partial charge on any atom is -0.453 e. The third kappa shape index (κ3) is 8.55. The number of amides is 2. The summed E-state index contributed by atoms with van der Waals surface area (Å²) in [5.74, 6) is -1.71. The minimum absolute atomic E-state index is 0.0577. The van der Waals surface area contributed by atoms with Crippen LogP contribution in [-0.4, -0.2) is 30.2 Å². The SMILES string of the molecule is CCCCCC(=O)Nc1ccc(C(=O)COC(=O)C(=Cc2ccccc2)NC(C)=O)cc1. The van der Waals surface area contributed by atoms with Crippen molar-refractivity contribution in [3.8, 4) is 0 Å². The maximum absolute atomic E-state index is 12.4. The zero-order valence-corrected chi connectivity index (χ0v) is 18.4. The summed E-state index contributed by atoms with van der Waals surface area (Å²) in [6.45, 7) is 2.87. The highest BCUT2D eigenvalue weighted by Crippen LogP contribution is 2.12. The molecule has 0 radical (unpaired) electrons. The summed E-state index contributed by atoms with van der Waals surface area (Å²) in [6.07, 6.45) is 4.82. The molecule has 2 amide bonds. The van der Waals surface area contributed by atoms with Gasteiger partial charge in [0, 0.05) is 24.6 Å². The number of rotatable bonds is 11. The first kappa shape index (κ1) is 24.5. The van der Waals surface area contributed by atoms with E-state index in [1.807, 2.05) is 6.07 Å². The second kappa shape index (κ2) is 12.8. The number of Topliss-reactive ketones (excluding diaryl/α,β-unsaturated/α-hetero) is 1. The number of benzene rings is 2. The van der Waals surface area contributed by atoms with Gasteiger partial charge in [-0.15, -0.1) is 0 Å². The summed E-state index contributed by atoms with van der Waals surface area (Å²) in [5, 5.41) is 5.22. The lowest BCUT2D eigenvalue weighted by atomic mass is 10.1. The van der Waals surface area contributed by atoms with E-state index < -0.39 is 24.3 Å². The highest BCUT2D eigenvalue weighted by atomic mass is 16.5. The molecule has 0 fully saturated rings. The van der Waals surface area contributed by atoms with E-state index in [0.29, 0.717) is 23.2 Å². The summed E-state index contributed by atoms with van der Waals surface area (Å²) in [6, 6.07) is 15.3. The molecular formula is C25H28N2O5. The van der Waals surface area contributed by atoms with Crippen LogP contribution in [0.4, 0.5) is 5.69 Å². The van der Waals surface area contributed by atoms with Crippen molar-refractivity contribution in [3.05, 3.63) is 71.4 Å². The molecule has 0 unspecified atom stereocenters. The lowest BCUT2D eigenvalue weighted by Gasteiger charge is -2.09. The Morgan fingerprint density at radius 2 is 1.62 bits per heavy atom. The Labute approximate surface area is 187 Å². The van der Waals surface area contributed by atoms with Crippen LogP contribution in [0.3, 0.4) is 0 Å². The summed E-state index contributed by atoms with van der Waals surface area (Å²) in [7, 11) is 0. The van der Waals surface area contributed by atoms with Crippen LogP contribution in [-0.2, 0) is 19.1 Å². The molecule has 32 heavy (non-hydrogen) atoms. The second-order valence-electron chi connectivity index (χ2n) is 7.23. The molecule has 0 aromatic heterocycles. The van der Waals surface area contributed by atoms with Crippen molar-refractivity contribution in [1.29, 1.82) is 0 Å². The Morgan fingerprint density at radius 1 is 0.938 bits per heavy atom. The monoisotopic (exact) mass is 436 g/mol. The predicted octanol–water partition coefficient (Wildman–Crippen LogP) is 4.11. The predicted molar refractivity (Wildman–Crippen MR) is 123 cm³/mol. The number of ether oxygens (including phenoxy) is 1. The normalized spacial score (nSPS) is 10.9. The molecule has 2 aromatic rings. The smallest absolute Gasteiger partial charge is 0.355 e. The van der Waals surface area contributed by atoms with Crippen molar-refractivity contribution < 1.29 is 23.9 Å². The van der Waals surface area contributed by atoms with Crippen molar-refractivity contribution in [2.24, 2.45) is 0 Å². The number of hydrogen-bond acceptors (Lipinski definition) is 5. The van der Waals surface area contributed by atoms with Gasteiger partial charge in [0.1, 0.15) is 5.70 Å². The summed E-state index contributed by atoms with van der Waals surface area (Å²) < 4.78 is 5.10. The lowest BCUT2D eigenvalue weighted by molar-refractivity contribution is -0.139. The number of anilines is 1. The van der Waals surface area contributed by atoms with Crippen molar-refractivity contribution >= 4 is 35.3 Å². The average molecular weight is 437 g/mol. The molecule has 0 aliphatic rings. The van der Waals surface area contributed by atoms with Gasteiger partial charge in [0.15, 0.2) is 12.4 Å². The molecule has 2 N–H and O–H groups in total. The fourth-order valence-electron chi connectivity index (χ4n) is 2.84. The van der Waals surface area contributed by atoms with Crippen LogP contribution in [0, 0.1) is 0 Å². The highest BCUT2D eigenvalue weighted by molar-refractivity contribution is 6.02.